The fraction of sp³-hybridized carbons (Fsp3) is 0.533. The Labute approximate surface area is 109 Å². The molecular weight excluding hydrogens is 226 g/mol. The molecule has 0 radical (unpaired) electrons. The minimum atomic E-state index is 0.0433. The maximum Gasteiger partial charge on any atom is 0.171 e. The summed E-state index contributed by atoms with van der Waals surface area (Å²) in [6.45, 7) is 5.39. The number of rotatable bonds is 2. The quantitative estimate of drug-likeness (QED) is 0.804. The molecule has 1 aliphatic heterocycles. The summed E-state index contributed by atoms with van der Waals surface area (Å²) in [5.41, 5.74) is 2.86. The molecule has 0 saturated carbocycles. The Kier molecular flexibility index (Phi) is 3.71. The van der Waals surface area contributed by atoms with E-state index < -0.39 is 0 Å². The first-order chi connectivity index (χ1) is 8.50. The van der Waals surface area contributed by atoms with Gasteiger partial charge in [0, 0.05) is 12.5 Å². The summed E-state index contributed by atoms with van der Waals surface area (Å²) < 4.78 is 5.80. The zero-order chi connectivity index (χ0) is 13.3. The van der Waals surface area contributed by atoms with Crippen molar-refractivity contribution in [1.29, 1.82) is 0 Å². The Bertz CT molecular complexity index is 466. The highest BCUT2D eigenvalue weighted by Crippen LogP contribution is 2.32. The van der Waals surface area contributed by atoms with E-state index in [4.69, 9.17) is 4.74 Å². The number of hydrogen-bond donors (Lipinski definition) is 0. The standard InChI is InChI=1S/C15H21NO2/c1-10-5-6-11(2)15-13(10)14(17)12(7-8-18-15)9-16(3)4/h5-6,12H,7-9H2,1-4H3. The Balaban J connectivity index is 2.43. The van der Waals surface area contributed by atoms with E-state index in [0.717, 1.165) is 35.4 Å². The van der Waals surface area contributed by atoms with Gasteiger partial charge in [0.15, 0.2) is 5.78 Å². The summed E-state index contributed by atoms with van der Waals surface area (Å²) >= 11 is 0. The number of carbonyl (C=O) groups is 1. The number of hydrogen-bond acceptors (Lipinski definition) is 3. The molecule has 0 saturated heterocycles. The van der Waals surface area contributed by atoms with E-state index in [2.05, 4.69) is 4.90 Å². The van der Waals surface area contributed by atoms with Crippen molar-refractivity contribution in [2.45, 2.75) is 20.3 Å². The largest absolute Gasteiger partial charge is 0.493 e. The van der Waals surface area contributed by atoms with Crippen molar-refractivity contribution in [2.75, 3.05) is 27.2 Å². The van der Waals surface area contributed by atoms with E-state index in [0.29, 0.717) is 6.61 Å². The fourth-order valence-electron chi connectivity index (χ4n) is 2.53. The highest BCUT2D eigenvalue weighted by molar-refractivity contribution is 6.02. The maximum absolute atomic E-state index is 12.6. The average molecular weight is 247 g/mol. The van der Waals surface area contributed by atoms with Crippen LogP contribution in [0.4, 0.5) is 0 Å². The zero-order valence-corrected chi connectivity index (χ0v) is 11.6. The molecule has 1 atom stereocenters. The van der Waals surface area contributed by atoms with Crippen molar-refractivity contribution in [3.8, 4) is 5.75 Å². The monoisotopic (exact) mass is 247 g/mol. The molecule has 0 spiro atoms. The SMILES string of the molecule is Cc1ccc(C)c2c1OCCC(CN(C)C)C2=O. The minimum absolute atomic E-state index is 0.0433. The van der Waals surface area contributed by atoms with Crippen LogP contribution < -0.4 is 4.74 Å². The Morgan fingerprint density at radius 3 is 2.61 bits per heavy atom. The number of aryl methyl sites for hydroxylation is 2. The van der Waals surface area contributed by atoms with E-state index in [9.17, 15) is 4.79 Å². The molecule has 0 bridgehead atoms. The van der Waals surface area contributed by atoms with Gasteiger partial charge in [0.2, 0.25) is 0 Å². The van der Waals surface area contributed by atoms with Gasteiger partial charge in [-0.25, -0.2) is 0 Å². The van der Waals surface area contributed by atoms with Crippen molar-refractivity contribution >= 4 is 5.78 Å². The number of benzene rings is 1. The van der Waals surface area contributed by atoms with Crippen LogP contribution in [0.25, 0.3) is 0 Å². The second-order valence-corrected chi connectivity index (χ2v) is 5.36. The van der Waals surface area contributed by atoms with Crippen LogP contribution in [0, 0.1) is 19.8 Å². The van der Waals surface area contributed by atoms with E-state index in [1.807, 2.05) is 40.1 Å². The van der Waals surface area contributed by atoms with Crippen LogP contribution in [0.5, 0.6) is 5.75 Å². The van der Waals surface area contributed by atoms with Gasteiger partial charge in [0.1, 0.15) is 5.75 Å². The average Bonchev–Trinajstić information content (AvgIpc) is 2.45. The third kappa shape index (κ3) is 2.41. The summed E-state index contributed by atoms with van der Waals surface area (Å²) in [5.74, 6) is 1.07. The van der Waals surface area contributed by atoms with E-state index >= 15 is 0 Å². The van der Waals surface area contributed by atoms with Crippen molar-refractivity contribution in [3.63, 3.8) is 0 Å². The number of carbonyl (C=O) groups excluding carboxylic acids is 1. The number of fused-ring (bicyclic) bond motifs is 1. The van der Waals surface area contributed by atoms with Gasteiger partial charge in [-0.15, -0.1) is 0 Å². The van der Waals surface area contributed by atoms with Gasteiger partial charge in [-0.05, 0) is 45.5 Å². The first kappa shape index (κ1) is 13.1. The predicted octanol–water partition coefficient (Wildman–Crippen LogP) is 2.45. The Hall–Kier alpha value is -1.35. The smallest absolute Gasteiger partial charge is 0.171 e. The molecule has 0 aromatic heterocycles. The molecule has 1 aromatic rings. The Morgan fingerprint density at radius 1 is 1.28 bits per heavy atom. The van der Waals surface area contributed by atoms with E-state index in [1.165, 1.54) is 0 Å². The van der Waals surface area contributed by atoms with E-state index in [-0.39, 0.29) is 11.7 Å². The lowest BCUT2D eigenvalue weighted by molar-refractivity contribution is 0.0891. The van der Waals surface area contributed by atoms with Gasteiger partial charge in [0.25, 0.3) is 0 Å². The lowest BCUT2D eigenvalue weighted by Crippen LogP contribution is -2.28. The lowest BCUT2D eigenvalue weighted by atomic mass is 9.91. The van der Waals surface area contributed by atoms with Crippen LogP contribution in [-0.4, -0.2) is 37.9 Å². The molecule has 0 amide bonds. The highest BCUT2D eigenvalue weighted by atomic mass is 16.5. The fourth-order valence-corrected chi connectivity index (χ4v) is 2.53. The first-order valence-corrected chi connectivity index (χ1v) is 6.42. The van der Waals surface area contributed by atoms with Gasteiger partial charge >= 0.3 is 0 Å². The molecule has 2 rings (SSSR count). The van der Waals surface area contributed by atoms with Gasteiger partial charge in [-0.3, -0.25) is 4.79 Å². The molecule has 0 aliphatic carbocycles. The lowest BCUT2D eigenvalue weighted by Gasteiger charge is -2.18. The third-order valence-electron chi connectivity index (χ3n) is 3.48. The van der Waals surface area contributed by atoms with Crippen LogP contribution in [-0.2, 0) is 0 Å². The van der Waals surface area contributed by atoms with Crippen LogP contribution in [0.15, 0.2) is 12.1 Å². The highest BCUT2D eigenvalue weighted by Gasteiger charge is 2.29. The topological polar surface area (TPSA) is 29.5 Å². The van der Waals surface area contributed by atoms with Crippen LogP contribution in [0.3, 0.4) is 0 Å². The van der Waals surface area contributed by atoms with Gasteiger partial charge in [0.05, 0.1) is 12.2 Å². The van der Waals surface area contributed by atoms with Gasteiger partial charge in [-0.1, -0.05) is 12.1 Å². The number of Topliss-reactive ketones (excluding diaryl/α,β-unsaturated/α-hetero) is 1. The van der Waals surface area contributed by atoms with Gasteiger partial charge < -0.3 is 9.64 Å². The van der Waals surface area contributed by atoms with Crippen molar-refractivity contribution < 1.29 is 9.53 Å². The molecule has 0 N–H and O–H groups in total. The predicted molar refractivity (Wildman–Crippen MR) is 72.4 cm³/mol. The summed E-state index contributed by atoms with van der Waals surface area (Å²) in [6.07, 6.45) is 0.796. The normalized spacial score (nSPS) is 19.4. The second kappa shape index (κ2) is 5.11. The third-order valence-corrected chi connectivity index (χ3v) is 3.48. The summed E-state index contributed by atoms with van der Waals surface area (Å²) in [5, 5.41) is 0. The van der Waals surface area contributed by atoms with Crippen LogP contribution in [0.1, 0.15) is 27.9 Å². The van der Waals surface area contributed by atoms with Crippen molar-refractivity contribution in [1.82, 2.24) is 4.90 Å². The van der Waals surface area contributed by atoms with Gasteiger partial charge in [-0.2, -0.15) is 0 Å². The van der Waals surface area contributed by atoms with Crippen molar-refractivity contribution in [2.24, 2.45) is 5.92 Å². The molecule has 0 fully saturated rings. The molecule has 3 heteroatoms. The maximum atomic E-state index is 12.6. The molecule has 1 heterocycles. The van der Waals surface area contributed by atoms with Crippen LogP contribution in [0.2, 0.25) is 0 Å². The number of ketones is 1. The summed E-state index contributed by atoms with van der Waals surface area (Å²) in [7, 11) is 4.01. The molecule has 3 nitrogen and oxygen atoms in total. The summed E-state index contributed by atoms with van der Waals surface area (Å²) in [4.78, 5) is 14.7. The molecular formula is C15H21NO2. The summed E-state index contributed by atoms with van der Waals surface area (Å²) in [6, 6.07) is 4.03. The van der Waals surface area contributed by atoms with Crippen molar-refractivity contribution in [3.05, 3.63) is 28.8 Å². The van der Waals surface area contributed by atoms with Crippen LogP contribution >= 0.6 is 0 Å². The molecule has 1 unspecified atom stereocenters. The number of ether oxygens (including phenoxy) is 1. The number of nitrogens with zero attached hydrogens (tertiary/aromatic N) is 1. The first-order valence-electron chi connectivity index (χ1n) is 6.42. The second-order valence-electron chi connectivity index (χ2n) is 5.36. The zero-order valence-electron chi connectivity index (χ0n) is 11.6. The Morgan fingerprint density at radius 2 is 1.94 bits per heavy atom. The molecule has 1 aromatic carbocycles. The minimum Gasteiger partial charge on any atom is -0.493 e. The molecule has 98 valence electrons. The van der Waals surface area contributed by atoms with E-state index in [1.54, 1.807) is 0 Å². The molecule has 1 aliphatic rings. The molecule has 18 heavy (non-hydrogen) atoms.